The lowest BCUT2D eigenvalue weighted by Gasteiger charge is -2.36. The fourth-order valence-corrected chi connectivity index (χ4v) is 3.26. The van der Waals surface area contributed by atoms with Crippen LogP contribution in [0, 0.1) is 0 Å². The van der Waals surface area contributed by atoms with Crippen LogP contribution in [0.4, 0.5) is 5.69 Å². The topological polar surface area (TPSA) is 81.1 Å². The Morgan fingerprint density at radius 2 is 1.69 bits per heavy atom. The van der Waals surface area contributed by atoms with Crippen molar-refractivity contribution in [2.24, 2.45) is 7.05 Å². The number of ether oxygens (including phenoxy) is 2. The van der Waals surface area contributed by atoms with Gasteiger partial charge in [0.15, 0.2) is 12.4 Å². The van der Waals surface area contributed by atoms with Crippen LogP contribution in [0.25, 0.3) is 0 Å². The SMILES string of the molecule is COc1ccc(N2CCN(C(=O)COC(=O)c3cc(C(C)=O)cn3C)CC2)cc1. The maximum atomic E-state index is 12.4. The van der Waals surface area contributed by atoms with Crippen molar-refractivity contribution in [3.8, 4) is 5.75 Å². The lowest BCUT2D eigenvalue weighted by Crippen LogP contribution is -2.49. The van der Waals surface area contributed by atoms with Gasteiger partial charge in [-0.2, -0.15) is 0 Å². The second kappa shape index (κ2) is 8.81. The Morgan fingerprint density at radius 1 is 1.03 bits per heavy atom. The molecule has 0 bridgehead atoms. The molecule has 1 saturated heterocycles. The Hall–Kier alpha value is -3.29. The molecule has 1 aliphatic rings. The van der Waals surface area contributed by atoms with Crippen molar-refractivity contribution in [3.05, 3.63) is 47.8 Å². The highest BCUT2D eigenvalue weighted by molar-refractivity contribution is 5.98. The van der Waals surface area contributed by atoms with Gasteiger partial charge in [-0.3, -0.25) is 9.59 Å². The first-order valence-electron chi connectivity index (χ1n) is 9.40. The van der Waals surface area contributed by atoms with Gasteiger partial charge in [-0.05, 0) is 37.3 Å². The highest BCUT2D eigenvalue weighted by Crippen LogP contribution is 2.20. The average molecular weight is 399 g/mol. The number of nitrogens with zero attached hydrogens (tertiary/aromatic N) is 3. The Labute approximate surface area is 169 Å². The molecule has 154 valence electrons. The van der Waals surface area contributed by atoms with Gasteiger partial charge in [-0.1, -0.05) is 0 Å². The highest BCUT2D eigenvalue weighted by atomic mass is 16.5. The van der Waals surface area contributed by atoms with Crippen molar-refractivity contribution >= 4 is 23.3 Å². The number of methoxy groups -OCH3 is 1. The van der Waals surface area contributed by atoms with Gasteiger partial charge >= 0.3 is 5.97 Å². The highest BCUT2D eigenvalue weighted by Gasteiger charge is 2.23. The molecule has 2 aromatic rings. The number of hydrogen-bond donors (Lipinski definition) is 0. The summed E-state index contributed by atoms with van der Waals surface area (Å²) in [6.45, 7) is 3.63. The summed E-state index contributed by atoms with van der Waals surface area (Å²) in [7, 11) is 3.29. The van der Waals surface area contributed by atoms with Crippen molar-refractivity contribution in [2.45, 2.75) is 6.92 Å². The van der Waals surface area contributed by atoms with E-state index in [0.717, 1.165) is 11.4 Å². The molecule has 1 aromatic heterocycles. The van der Waals surface area contributed by atoms with E-state index >= 15 is 0 Å². The molecule has 29 heavy (non-hydrogen) atoms. The number of rotatable bonds is 6. The number of carbonyl (C=O) groups is 3. The van der Waals surface area contributed by atoms with Crippen molar-refractivity contribution in [1.29, 1.82) is 0 Å². The van der Waals surface area contributed by atoms with E-state index in [1.54, 1.807) is 25.3 Å². The molecule has 0 atom stereocenters. The number of aromatic nitrogens is 1. The van der Waals surface area contributed by atoms with Crippen molar-refractivity contribution < 1.29 is 23.9 Å². The third-order valence-electron chi connectivity index (χ3n) is 5.02. The van der Waals surface area contributed by atoms with Crippen LogP contribution in [-0.4, -0.2) is 67.0 Å². The van der Waals surface area contributed by atoms with Crippen LogP contribution in [0.1, 0.15) is 27.8 Å². The number of hydrogen-bond acceptors (Lipinski definition) is 6. The molecule has 0 saturated carbocycles. The van der Waals surface area contributed by atoms with E-state index in [1.165, 1.54) is 17.6 Å². The standard InChI is InChI=1S/C21H25N3O5/c1-15(25)16-12-19(22(2)13-16)21(27)29-14-20(26)24-10-8-23(9-11-24)17-4-6-18(28-3)7-5-17/h4-7,12-13H,8-11,14H2,1-3H3. The van der Waals surface area contributed by atoms with Gasteiger partial charge in [-0.25, -0.2) is 4.79 Å². The molecule has 8 nitrogen and oxygen atoms in total. The maximum Gasteiger partial charge on any atom is 0.355 e. The molecular formula is C21H25N3O5. The van der Waals surface area contributed by atoms with Gasteiger partial charge in [0.05, 0.1) is 7.11 Å². The second-order valence-corrected chi connectivity index (χ2v) is 6.92. The first-order valence-corrected chi connectivity index (χ1v) is 9.40. The van der Waals surface area contributed by atoms with Gasteiger partial charge in [0, 0.05) is 50.7 Å². The first kappa shape index (κ1) is 20.4. The zero-order chi connectivity index (χ0) is 21.0. The largest absolute Gasteiger partial charge is 0.497 e. The summed E-state index contributed by atoms with van der Waals surface area (Å²) in [5.41, 5.74) is 1.75. The van der Waals surface area contributed by atoms with E-state index in [0.29, 0.717) is 31.7 Å². The number of piperazine rings is 1. The summed E-state index contributed by atoms with van der Waals surface area (Å²) in [5, 5.41) is 0. The van der Waals surface area contributed by atoms with Crippen LogP contribution in [-0.2, 0) is 16.6 Å². The molecule has 0 spiro atoms. The van der Waals surface area contributed by atoms with E-state index in [-0.39, 0.29) is 24.0 Å². The molecule has 0 radical (unpaired) electrons. The first-order chi connectivity index (χ1) is 13.9. The summed E-state index contributed by atoms with van der Waals surface area (Å²) >= 11 is 0. The molecule has 1 aliphatic heterocycles. The summed E-state index contributed by atoms with van der Waals surface area (Å²) in [6, 6.07) is 9.28. The zero-order valence-electron chi connectivity index (χ0n) is 16.9. The van der Waals surface area contributed by atoms with E-state index in [1.807, 2.05) is 24.3 Å². The van der Waals surface area contributed by atoms with Gasteiger partial charge in [0.2, 0.25) is 0 Å². The van der Waals surface area contributed by atoms with Crippen LogP contribution in [0.3, 0.4) is 0 Å². The summed E-state index contributed by atoms with van der Waals surface area (Å²) in [5.74, 6) is -0.178. The molecule has 1 amide bonds. The number of esters is 1. The molecule has 1 aromatic carbocycles. The summed E-state index contributed by atoms with van der Waals surface area (Å²) in [6.07, 6.45) is 1.57. The zero-order valence-corrected chi connectivity index (χ0v) is 16.9. The number of Topliss-reactive ketones (excluding diaryl/α,β-unsaturated/α-hetero) is 1. The number of ketones is 1. The molecule has 0 aliphatic carbocycles. The minimum absolute atomic E-state index is 0.134. The predicted octanol–water partition coefficient (Wildman–Crippen LogP) is 1.74. The lowest BCUT2D eigenvalue weighted by molar-refractivity contribution is -0.134. The van der Waals surface area contributed by atoms with Crippen molar-refractivity contribution in [3.63, 3.8) is 0 Å². The van der Waals surface area contributed by atoms with Crippen LogP contribution in [0.5, 0.6) is 5.75 Å². The lowest BCUT2D eigenvalue weighted by atomic mass is 10.2. The fourth-order valence-electron chi connectivity index (χ4n) is 3.26. The maximum absolute atomic E-state index is 12.4. The molecule has 2 heterocycles. The smallest absolute Gasteiger partial charge is 0.355 e. The van der Waals surface area contributed by atoms with Crippen LogP contribution < -0.4 is 9.64 Å². The molecular weight excluding hydrogens is 374 g/mol. The molecule has 1 fully saturated rings. The van der Waals surface area contributed by atoms with E-state index in [9.17, 15) is 14.4 Å². The number of amides is 1. The van der Waals surface area contributed by atoms with Crippen molar-refractivity contribution in [1.82, 2.24) is 9.47 Å². The molecule has 0 unspecified atom stereocenters. The summed E-state index contributed by atoms with van der Waals surface area (Å²) < 4.78 is 11.9. The van der Waals surface area contributed by atoms with Gasteiger partial charge in [0.25, 0.3) is 5.91 Å². The Morgan fingerprint density at radius 3 is 2.24 bits per heavy atom. The molecule has 0 N–H and O–H groups in total. The van der Waals surface area contributed by atoms with Crippen molar-refractivity contribution in [2.75, 3.05) is 44.8 Å². The number of carbonyl (C=O) groups excluding carboxylic acids is 3. The molecule has 8 heteroatoms. The minimum atomic E-state index is -0.620. The van der Waals surface area contributed by atoms with E-state index in [2.05, 4.69) is 4.90 Å². The normalized spacial score (nSPS) is 13.9. The van der Waals surface area contributed by atoms with Crippen LogP contribution in [0.15, 0.2) is 36.5 Å². The monoisotopic (exact) mass is 399 g/mol. The third kappa shape index (κ3) is 4.77. The third-order valence-corrected chi connectivity index (χ3v) is 5.02. The predicted molar refractivity (Wildman–Crippen MR) is 107 cm³/mol. The number of anilines is 1. The number of aryl methyl sites for hydroxylation is 1. The Bertz CT molecular complexity index is 896. The Balaban J connectivity index is 1.49. The quantitative estimate of drug-likeness (QED) is 0.544. The van der Waals surface area contributed by atoms with E-state index < -0.39 is 5.97 Å². The van der Waals surface area contributed by atoms with Crippen LogP contribution in [0.2, 0.25) is 0 Å². The number of benzene rings is 1. The Kier molecular flexibility index (Phi) is 6.21. The van der Waals surface area contributed by atoms with E-state index in [4.69, 9.17) is 9.47 Å². The van der Waals surface area contributed by atoms with Gasteiger partial charge in [-0.15, -0.1) is 0 Å². The minimum Gasteiger partial charge on any atom is -0.497 e. The van der Waals surface area contributed by atoms with Crippen LogP contribution >= 0.6 is 0 Å². The van der Waals surface area contributed by atoms with Gasteiger partial charge < -0.3 is 23.8 Å². The second-order valence-electron chi connectivity index (χ2n) is 6.92. The fraction of sp³-hybridized carbons (Fsp3) is 0.381. The summed E-state index contributed by atoms with van der Waals surface area (Å²) in [4.78, 5) is 40.0. The molecule has 3 rings (SSSR count). The van der Waals surface area contributed by atoms with Gasteiger partial charge in [0.1, 0.15) is 11.4 Å². The average Bonchev–Trinajstić information content (AvgIpc) is 3.14.